The lowest BCUT2D eigenvalue weighted by molar-refractivity contribution is -0.164. The average molecular weight is 1370 g/mol. The molecule has 556 valence electrons. The fourth-order valence-corrected chi connectivity index (χ4v) is 11.8. The molecule has 0 saturated carbocycles. The Morgan fingerprint density at radius 2 is 1.00 bits per heavy atom. The Morgan fingerprint density at radius 1 is 0.515 bits per heavy atom. The summed E-state index contributed by atoms with van der Waals surface area (Å²) in [4.78, 5) is 191. The zero-order valence-corrected chi connectivity index (χ0v) is 64.1. The summed E-state index contributed by atoms with van der Waals surface area (Å²) in [7, 11) is 11.9. The number of carbonyl (C=O) groups is 13. The monoisotopic (exact) mass is 1370 g/mol. The smallest absolute Gasteiger partial charge is 0.328 e. The number of nitrogens with zero attached hydrogens (tertiary/aromatic N) is 6. The Bertz CT molecular complexity index is 2650. The summed E-state index contributed by atoms with van der Waals surface area (Å²) >= 11 is 0. The number of methoxy groups -OCH3 is 1. The van der Waals surface area contributed by atoms with Crippen molar-refractivity contribution in [2.75, 3.05) is 76.2 Å². The van der Waals surface area contributed by atoms with Crippen LogP contribution >= 0.6 is 0 Å². The summed E-state index contributed by atoms with van der Waals surface area (Å²) in [6, 6.07) is -8.90. The van der Waals surface area contributed by atoms with E-state index in [0.29, 0.717) is 6.42 Å². The highest BCUT2D eigenvalue weighted by molar-refractivity contribution is 5.99. The first kappa shape index (κ1) is 90.4. The number of hydrogen-bond acceptors (Lipinski definition) is 17. The lowest BCUT2D eigenvalue weighted by Gasteiger charge is -2.42. The van der Waals surface area contributed by atoms with Gasteiger partial charge in [0.25, 0.3) is 0 Å². The van der Waals surface area contributed by atoms with Crippen LogP contribution in [-0.4, -0.2) is 237 Å². The Kier molecular flexibility index (Phi) is 40.7. The highest BCUT2D eigenvalue weighted by Gasteiger charge is 2.47. The number of hydrogen-bond donors (Lipinski definition) is 3. The molecular weight excluding hydrogens is 1250 g/mol. The number of Topliss-reactive ketones (excluding diaryl/α,β-unsaturated/α-hetero) is 3. The molecule has 0 radical (unpaired) electrons. The van der Waals surface area contributed by atoms with Crippen molar-refractivity contribution in [3.8, 4) is 0 Å². The molecule has 14 atom stereocenters. The number of likely N-dealkylation sites (N-methyl/N-ethyl adjacent to an activating group) is 7. The van der Waals surface area contributed by atoms with E-state index in [2.05, 4.69) is 16.0 Å². The van der Waals surface area contributed by atoms with Crippen LogP contribution in [0.5, 0.6) is 0 Å². The molecule has 0 aromatic carbocycles. The van der Waals surface area contributed by atoms with Crippen molar-refractivity contribution in [1.29, 1.82) is 0 Å². The highest BCUT2D eigenvalue weighted by Crippen LogP contribution is 2.28. The molecule has 25 heteroatoms. The lowest BCUT2D eigenvalue weighted by atomic mass is 9.86. The van der Waals surface area contributed by atoms with Crippen LogP contribution < -0.4 is 16.0 Å². The predicted octanol–water partition coefficient (Wildman–Crippen LogP) is 6.16. The molecule has 8 amide bonds. The fourth-order valence-electron chi connectivity index (χ4n) is 11.8. The van der Waals surface area contributed by atoms with E-state index in [9.17, 15) is 47.9 Å². The normalized spacial score (nSPS) is 16.1. The minimum atomic E-state index is -1.55. The number of esters is 2. The van der Waals surface area contributed by atoms with Crippen LogP contribution in [0.15, 0.2) is 12.2 Å². The molecule has 0 rings (SSSR count). The topological polar surface area (TPSA) is 305 Å². The summed E-state index contributed by atoms with van der Waals surface area (Å²) in [6.45, 7) is 32.8. The van der Waals surface area contributed by atoms with Crippen LogP contribution in [0.25, 0.3) is 0 Å². The molecule has 97 heavy (non-hydrogen) atoms. The van der Waals surface area contributed by atoms with Crippen molar-refractivity contribution in [1.82, 2.24) is 45.3 Å². The van der Waals surface area contributed by atoms with Crippen molar-refractivity contribution in [2.24, 2.45) is 59.2 Å². The van der Waals surface area contributed by atoms with Crippen molar-refractivity contribution in [2.45, 2.75) is 237 Å². The number of rotatable bonds is 45. The first-order chi connectivity index (χ1) is 44.9. The molecule has 0 heterocycles. The third kappa shape index (κ3) is 28.6. The van der Waals surface area contributed by atoms with Crippen molar-refractivity contribution < 1.29 is 76.5 Å². The molecule has 3 N–H and O–H groups in total. The van der Waals surface area contributed by atoms with E-state index in [0.717, 1.165) is 4.90 Å². The molecule has 0 fully saturated rings. The number of ether oxygens (including phenoxy) is 3. The third-order valence-corrected chi connectivity index (χ3v) is 18.3. The summed E-state index contributed by atoms with van der Waals surface area (Å²) in [5, 5.41) is 8.52. The maximum Gasteiger partial charge on any atom is 0.328 e. The van der Waals surface area contributed by atoms with Gasteiger partial charge in [-0.15, -0.1) is 0 Å². The molecule has 0 bridgehead atoms. The van der Waals surface area contributed by atoms with E-state index in [1.165, 1.54) is 80.7 Å². The average Bonchev–Trinajstić information content (AvgIpc) is 0.867. The standard InChI is InChI=1S/C72H127N9O16/c1-28-30-31-46(13)64(97-52(19)83)63(66(88)74-54(29-2)72(94)96-33-32-76(21)51(18)82)81(26)71(93)62(45(11)12)80(25)69(91)57(36-43(7)8)79(24)68(90)56(35-42(5)6)78(23)67(89)48(15)38-58(84)47(14)37-60(86)55(34-41(3)4)77(22)70(92)61(44(9)10)75-65(87)53(49(16)40-95-27)39-59(85)50(17)73-20/h28,30,41-50,53-57,61-64,73H,29,31-40H2,1-27H3,(H,74,88)(H,75,87)/b30-28+/t46-,47-,48+,49+,50-,53+,54+,55+,56+,57+,61+,62+,63+,64-/m1/s1. The van der Waals surface area contributed by atoms with Crippen molar-refractivity contribution in [3.63, 3.8) is 0 Å². The molecule has 0 saturated heterocycles. The van der Waals surface area contributed by atoms with Crippen LogP contribution in [-0.2, 0) is 76.5 Å². The van der Waals surface area contributed by atoms with Gasteiger partial charge < -0.3 is 59.6 Å². The number of nitrogens with one attached hydrogen (secondary N) is 3. The Labute approximate surface area is 581 Å². The number of ketones is 3. The van der Waals surface area contributed by atoms with E-state index >= 15 is 14.4 Å². The molecule has 0 unspecified atom stereocenters. The van der Waals surface area contributed by atoms with E-state index in [-0.39, 0.29) is 106 Å². The highest BCUT2D eigenvalue weighted by atomic mass is 16.5. The van der Waals surface area contributed by atoms with Crippen molar-refractivity contribution >= 4 is 76.5 Å². The summed E-state index contributed by atoms with van der Waals surface area (Å²) < 4.78 is 16.7. The van der Waals surface area contributed by atoms with E-state index in [1.807, 2.05) is 47.6 Å². The zero-order chi connectivity index (χ0) is 75.4. The Morgan fingerprint density at radius 3 is 1.45 bits per heavy atom. The van der Waals surface area contributed by atoms with E-state index in [1.54, 1.807) is 96.3 Å². The minimum Gasteiger partial charge on any atom is -0.462 e. The van der Waals surface area contributed by atoms with Gasteiger partial charge in [0.1, 0.15) is 60.5 Å². The third-order valence-electron chi connectivity index (χ3n) is 18.3. The number of allylic oxidation sites excluding steroid dienone is 2. The molecule has 0 aliphatic heterocycles. The lowest BCUT2D eigenvalue weighted by Crippen LogP contribution is -2.63. The maximum atomic E-state index is 15.3. The van der Waals surface area contributed by atoms with Gasteiger partial charge in [-0.1, -0.05) is 116 Å². The number of amides is 8. The number of carbonyl (C=O) groups excluding carboxylic acids is 13. The molecule has 0 aromatic rings. The van der Waals surface area contributed by atoms with Crippen LogP contribution in [0.4, 0.5) is 0 Å². The molecule has 0 aliphatic carbocycles. The van der Waals surface area contributed by atoms with Gasteiger partial charge in [0.2, 0.25) is 47.3 Å². The van der Waals surface area contributed by atoms with Gasteiger partial charge in [-0.05, 0) is 94.4 Å². The van der Waals surface area contributed by atoms with Gasteiger partial charge >= 0.3 is 11.9 Å². The second-order valence-electron chi connectivity index (χ2n) is 28.8. The molecule has 25 nitrogen and oxygen atoms in total. The first-order valence-corrected chi connectivity index (χ1v) is 34.8. The fraction of sp³-hybridized carbons (Fsp3) is 0.792. The van der Waals surface area contributed by atoms with E-state index < -0.39 is 149 Å². The molecule has 0 aromatic heterocycles. The van der Waals surface area contributed by atoms with Gasteiger partial charge in [0.05, 0.1) is 18.6 Å². The molecule has 0 spiro atoms. The molecule has 0 aliphatic rings. The van der Waals surface area contributed by atoms with Gasteiger partial charge in [0, 0.05) is 107 Å². The SMILES string of the molecule is C/C=C/C[C@@H](C)[C@@H](OC(C)=O)[C@@H](C(=O)N[C@@H](CC)C(=O)OCCN(C)C(C)=O)N(C)C(=O)[C@H](C(C)C)N(C)C(=O)[C@H](CC(C)C)N(C)C(=O)[C@H](CC(C)C)N(C)C(=O)[C@@H](C)CC(=O)[C@H](C)CC(=O)[C@H](CC(C)C)N(C)C(=O)[C@@H](NC(=O)[C@@H](CC(=O)[C@@H](C)NC)[C@@H](C)COC)C(C)C. The Hall–Kier alpha value is -6.63. The second-order valence-corrected chi connectivity index (χ2v) is 28.8. The quantitative estimate of drug-likeness (QED) is 0.0454. The van der Waals surface area contributed by atoms with Crippen LogP contribution in [0, 0.1) is 59.2 Å². The minimum absolute atomic E-state index is 0.0681. The van der Waals surface area contributed by atoms with Gasteiger partial charge in [-0.3, -0.25) is 57.5 Å². The second kappa shape index (κ2) is 43.7. The maximum absolute atomic E-state index is 15.3. The van der Waals surface area contributed by atoms with Gasteiger partial charge in [0.15, 0.2) is 5.78 Å². The van der Waals surface area contributed by atoms with Gasteiger partial charge in [-0.25, -0.2) is 4.79 Å². The summed E-state index contributed by atoms with van der Waals surface area (Å²) in [5.41, 5.74) is 0. The van der Waals surface area contributed by atoms with Crippen LogP contribution in [0.1, 0.15) is 183 Å². The van der Waals surface area contributed by atoms with Crippen molar-refractivity contribution in [3.05, 3.63) is 12.2 Å². The summed E-state index contributed by atoms with van der Waals surface area (Å²) in [6.07, 6.45) is 2.64. The van der Waals surface area contributed by atoms with Gasteiger partial charge in [-0.2, -0.15) is 0 Å². The predicted molar refractivity (Wildman–Crippen MR) is 374 cm³/mol. The van der Waals surface area contributed by atoms with E-state index in [4.69, 9.17) is 14.2 Å². The first-order valence-electron chi connectivity index (χ1n) is 34.8. The summed E-state index contributed by atoms with van der Waals surface area (Å²) in [5.74, 6) is -12.1. The van der Waals surface area contributed by atoms with Crippen LogP contribution in [0.2, 0.25) is 0 Å². The van der Waals surface area contributed by atoms with Crippen LogP contribution in [0.3, 0.4) is 0 Å². The zero-order valence-electron chi connectivity index (χ0n) is 64.1. The molecular formula is C72H127N9O16. The Balaban J connectivity index is 7.16. The largest absolute Gasteiger partial charge is 0.462 e.